The molecule has 1 aliphatic carbocycles. The van der Waals surface area contributed by atoms with Crippen LogP contribution in [-0.4, -0.2) is 6.04 Å². The lowest BCUT2D eigenvalue weighted by atomic mass is 9.84. The molecule has 0 radical (unpaired) electrons. The first-order valence-electron chi connectivity index (χ1n) is 8.09. The summed E-state index contributed by atoms with van der Waals surface area (Å²) in [7, 11) is 0. The Kier molecular flexibility index (Phi) is 5.45. The van der Waals surface area contributed by atoms with Gasteiger partial charge in [0.2, 0.25) is 0 Å². The molecule has 2 rings (SSSR count). The van der Waals surface area contributed by atoms with Crippen molar-refractivity contribution >= 4 is 0 Å². The highest BCUT2D eigenvalue weighted by Crippen LogP contribution is 2.37. The Hall–Kier alpha value is -0.820. The van der Waals surface area contributed by atoms with E-state index in [9.17, 15) is 0 Å². The van der Waals surface area contributed by atoms with E-state index >= 15 is 0 Å². The minimum Gasteiger partial charge on any atom is -0.327 e. The van der Waals surface area contributed by atoms with Crippen LogP contribution in [0.2, 0.25) is 0 Å². The van der Waals surface area contributed by atoms with Crippen LogP contribution in [0.15, 0.2) is 24.3 Å². The molecule has 1 nitrogen and oxygen atoms in total. The van der Waals surface area contributed by atoms with E-state index < -0.39 is 0 Å². The normalized spacial score (nSPS) is 21.1. The first kappa shape index (κ1) is 14.6. The molecule has 3 unspecified atom stereocenters. The topological polar surface area (TPSA) is 26.0 Å². The Morgan fingerprint density at radius 3 is 2.79 bits per heavy atom. The third kappa shape index (κ3) is 3.60. The Morgan fingerprint density at radius 1 is 1.26 bits per heavy atom. The first-order valence-corrected chi connectivity index (χ1v) is 8.09. The Balaban J connectivity index is 1.95. The fourth-order valence-corrected chi connectivity index (χ4v) is 3.57. The van der Waals surface area contributed by atoms with E-state index in [0.29, 0.717) is 12.0 Å². The molecule has 19 heavy (non-hydrogen) atoms. The average molecular weight is 259 g/mol. The van der Waals surface area contributed by atoms with Crippen molar-refractivity contribution in [3.63, 3.8) is 0 Å². The summed E-state index contributed by atoms with van der Waals surface area (Å²) in [5.74, 6) is 1.43. The van der Waals surface area contributed by atoms with Gasteiger partial charge in [-0.3, -0.25) is 0 Å². The number of unbranched alkanes of at least 4 members (excludes halogenated alkanes) is 1. The zero-order chi connectivity index (χ0) is 13.7. The summed E-state index contributed by atoms with van der Waals surface area (Å²) >= 11 is 0. The van der Waals surface area contributed by atoms with Crippen molar-refractivity contribution in [2.45, 2.75) is 70.8 Å². The van der Waals surface area contributed by atoms with E-state index in [0.717, 1.165) is 5.92 Å². The molecule has 1 aromatic carbocycles. The molecule has 3 atom stereocenters. The second-order valence-electron chi connectivity index (χ2n) is 6.16. The van der Waals surface area contributed by atoms with Crippen molar-refractivity contribution in [1.29, 1.82) is 0 Å². The molecule has 0 saturated heterocycles. The van der Waals surface area contributed by atoms with Crippen molar-refractivity contribution in [3.05, 3.63) is 35.4 Å². The number of nitrogens with two attached hydrogens (primary N) is 1. The van der Waals surface area contributed by atoms with Crippen LogP contribution < -0.4 is 5.73 Å². The van der Waals surface area contributed by atoms with Crippen LogP contribution >= 0.6 is 0 Å². The summed E-state index contributed by atoms with van der Waals surface area (Å²) in [5, 5.41) is 0. The van der Waals surface area contributed by atoms with Gasteiger partial charge in [0.15, 0.2) is 0 Å². The fourth-order valence-electron chi connectivity index (χ4n) is 3.57. The summed E-state index contributed by atoms with van der Waals surface area (Å²) in [6, 6.07) is 9.24. The lowest BCUT2D eigenvalue weighted by molar-refractivity contribution is 0.356. The van der Waals surface area contributed by atoms with Gasteiger partial charge in [0.1, 0.15) is 0 Å². The lowest BCUT2D eigenvalue weighted by Gasteiger charge is -2.25. The van der Waals surface area contributed by atoms with Gasteiger partial charge in [-0.1, -0.05) is 63.8 Å². The van der Waals surface area contributed by atoms with Crippen LogP contribution in [0.4, 0.5) is 0 Å². The summed E-state index contributed by atoms with van der Waals surface area (Å²) in [5.41, 5.74) is 9.60. The molecular weight excluding hydrogens is 230 g/mol. The van der Waals surface area contributed by atoms with Crippen molar-refractivity contribution in [2.75, 3.05) is 0 Å². The van der Waals surface area contributed by atoms with E-state index in [2.05, 4.69) is 38.1 Å². The fraction of sp³-hybridized carbons (Fsp3) is 0.667. The van der Waals surface area contributed by atoms with Crippen LogP contribution in [0.1, 0.15) is 69.4 Å². The van der Waals surface area contributed by atoms with Crippen LogP contribution in [0.3, 0.4) is 0 Å². The summed E-state index contributed by atoms with van der Waals surface area (Å²) < 4.78 is 0. The van der Waals surface area contributed by atoms with Crippen molar-refractivity contribution in [1.82, 2.24) is 0 Å². The van der Waals surface area contributed by atoms with Crippen LogP contribution in [0.25, 0.3) is 0 Å². The number of hydrogen-bond acceptors (Lipinski definition) is 1. The quantitative estimate of drug-likeness (QED) is 0.758. The van der Waals surface area contributed by atoms with Gasteiger partial charge in [-0.25, -0.2) is 0 Å². The zero-order valence-electron chi connectivity index (χ0n) is 12.6. The van der Waals surface area contributed by atoms with Gasteiger partial charge in [0.05, 0.1) is 0 Å². The molecule has 0 spiro atoms. The number of rotatable bonds is 7. The Labute approximate surface area is 118 Å². The summed E-state index contributed by atoms with van der Waals surface area (Å²) in [6.45, 7) is 4.59. The number of fused-ring (bicyclic) bond motifs is 1. The van der Waals surface area contributed by atoms with Gasteiger partial charge in [0.25, 0.3) is 0 Å². The minimum absolute atomic E-state index is 0.352. The maximum atomic E-state index is 6.54. The highest BCUT2D eigenvalue weighted by atomic mass is 14.7. The third-order valence-corrected chi connectivity index (χ3v) is 4.84. The second-order valence-corrected chi connectivity index (χ2v) is 6.16. The third-order valence-electron chi connectivity index (χ3n) is 4.84. The van der Waals surface area contributed by atoms with E-state index in [1.807, 2.05) is 0 Å². The Morgan fingerprint density at radius 2 is 2.05 bits per heavy atom. The van der Waals surface area contributed by atoms with Crippen LogP contribution in [-0.2, 0) is 6.42 Å². The molecule has 0 saturated carbocycles. The lowest BCUT2D eigenvalue weighted by Crippen LogP contribution is -2.29. The number of hydrogen-bond donors (Lipinski definition) is 1. The zero-order valence-corrected chi connectivity index (χ0v) is 12.6. The van der Waals surface area contributed by atoms with Gasteiger partial charge in [-0.05, 0) is 42.2 Å². The largest absolute Gasteiger partial charge is 0.327 e. The second kappa shape index (κ2) is 7.09. The van der Waals surface area contributed by atoms with Crippen molar-refractivity contribution in [3.8, 4) is 0 Å². The number of benzene rings is 1. The predicted octanol–water partition coefficient (Wildman–Crippen LogP) is 4.65. The molecule has 0 amide bonds. The maximum Gasteiger partial charge on any atom is 0.0111 e. The molecule has 0 aromatic heterocycles. The Bertz CT molecular complexity index is 385. The van der Waals surface area contributed by atoms with E-state index in [-0.39, 0.29) is 0 Å². The average Bonchev–Trinajstić information content (AvgIpc) is 2.87. The molecule has 1 aliphatic rings. The maximum absolute atomic E-state index is 6.54. The summed E-state index contributed by atoms with van der Waals surface area (Å²) in [6.07, 6.45) is 8.97. The molecule has 0 fully saturated rings. The molecule has 0 heterocycles. The summed E-state index contributed by atoms with van der Waals surface area (Å²) in [4.78, 5) is 0. The predicted molar refractivity (Wildman–Crippen MR) is 83.4 cm³/mol. The highest BCUT2D eigenvalue weighted by molar-refractivity contribution is 5.35. The van der Waals surface area contributed by atoms with E-state index in [4.69, 9.17) is 5.73 Å². The van der Waals surface area contributed by atoms with Gasteiger partial charge >= 0.3 is 0 Å². The molecule has 2 N–H and O–H groups in total. The SMILES string of the molecule is CCCCC(CC)CC(N)C1CCc2ccccc21. The number of aryl methyl sites for hydroxylation is 1. The molecular formula is C18H29N. The van der Waals surface area contributed by atoms with Crippen molar-refractivity contribution in [2.24, 2.45) is 11.7 Å². The van der Waals surface area contributed by atoms with Gasteiger partial charge < -0.3 is 5.73 Å². The standard InChI is InChI=1S/C18H29N/c1-3-5-8-14(4-2)13-18(19)17-12-11-15-9-6-7-10-16(15)17/h6-7,9-10,14,17-18H,3-5,8,11-13,19H2,1-2H3. The van der Waals surface area contributed by atoms with E-state index in [1.54, 1.807) is 0 Å². The molecule has 1 aromatic rings. The van der Waals surface area contributed by atoms with Crippen LogP contribution in [0.5, 0.6) is 0 Å². The molecule has 106 valence electrons. The molecule has 1 heteroatoms. The van der Waals surface area contributed by atoms with Gasteiger partial charge in [0, 0.05) is 6.04 Å². The molecule has 0 bridgehead atoms. The van der Waals surface area contributed by atoms with Crippen molar-refractivity contribution < 1.29 is 0 Å². The minimum atomic E-state index is 0.352. The van der Waals surface area contributed by atoms with Crippen LogP contribution in [0, 0.1) is 5.92 Å². The van der Waals surface area contributed by atoms with E-state index in [1.165, 1.54) is 56.1 Å². The first-order chi connectivity index (χ1) is 9.26. The van der Waals surface area contributed by atoms with Gasteiger partial charge in [-0.15, -0.1) is 0 Å². The highest BCUT2D eigenvalue weighted by Gasteiger charge is 2.28. The van der Waals surface area contributed by atoms with Gasteiger partial charge in [-0.2, -0.15) is 0 Å². The monoisotopic (exact) mass is 259 g/mol. The smallest absolute Gasteiger partial charge is 0.0111 e. The molecule has 0 aliphatic heterocycles.